The molecule has 1 amide bonds. The third kappa shape index (κ3) is 3.94. The normalized spacial score (nSPS) is 10.6. The van der Waals surface area contributed by atoms with E-state index in [1.165, 1.54) is 0 Å². The molecule has 0 fully saturated rings. The van der Waals surface area contributed by atoms with Gasteiger partial charge in [-0.05, 0) is 49.2 Å². The average molecular weight is 441 g/mol. The first-order chi connectivity index (χ1) is 16.0. The summed E-state index contributed by atoms with van der Waals surface area (Å²) in [6.45, 7) is 3.76. The van der Waals surface area contributed by atoms with E-state index in [9.17, 15) is 10.1 Å². The number of methoxy groups -OCH3 is 1. The number of hydrogen-bond donors (Lipinski definition) is 2. The fourth-order valence-electron chi connectivity index (χ4n) is 4.01. The Kier molecular flexibility index (Phi) is 5.92. The minimum atomic E-state index is -0.597. The molecule has 166 valence electrons. The Morgan fingerprint density at radius 1 is 1.03 bits per heavy atom. The molecule has 4 aromatic rings. The van der Waals surface area contributed by atoms with Crippen LogP contribution in [0.1, 0.15) is 16.7 Å². The van der Waals surface area contributed by atoms with E-state index in [2.05, 4.69) is 11.4 Å². The molecule has 2 aromatic carbocycles. The Balaban J connectivity index is 2.06. The zero-order valence-corrected chi connectivity index (χ0v) is 18.7. The molecule has 0 aliphatic rings. The number of pyridine rings is 1. The number of aromatic nitrogens is 1. The van der Waals surface area contributed by atoms with Gasteiger partial charge in [0.05, 0.1) is 29.3 Å². The van der Waals surface area contributed by atoms with Crippen molar-refractivity contribution in [3.05, 3.63) is 77.5 Å². The number of nitrogens with one attached hydrogen (secondary N) is 1. The first-order valence-electron chi connectivity index (χ1n) is 10.4. The van der Waals surface area contributed by atoms with Crippen LogP contribution in [-0.4, -0.2) is 24.0 Å². The van der Waals surface area contributed by atoms with E-state index in [0.717, 1.165) is 22.3 Å². The smallest absolute Gasteiger partial charge is 0.255 e. The molecule has 0 atom stereocenters. The van der Waals surface area contributed by atoms with E-state index in [-0.39, 0.29) is 6.61 Å². The number of aryl methyl sites for hydroxylation is 2. The summed E-state index contributed by atoms with van der Waals surface area (Å²) in [4.78, 5) is 11.4. The number of amides is 1. The van der Waals surface area contributed by atoms with Gasteiger partial charge in [-0.25, -0.2) is 0 Å². The van der Waals surface area contributed by atoms with Gasteiger partial charge in [-0.2, -0.15) is 5.26 Å². The molecule has 0 bridgehead atoms. The second kappa shape index (κ2) is 8.97. The molecule has 0 aliphatic heterocycles. The van der Waals surface area contributed by atoms with E-state index in [1.807, 2.05) is 60.8 Å². The van der Waals surface area contributed by atoms with E-state index in [1.54, 1.807) is 25.3 Å². The lowest BCUT2D eigenvalue weighted by atomic mass is 10.00. The average Bonchev–Trinajstić information content (AvgIpc) is 3.12. The van der Waals surface area contributed by atoms with E-state index in [0.29, 0.717) is 34.0 Å². The van der Waals surface area contributed by atoms with Crippen molar-refractivity contribution in [3.63, 3.8) is 0 Å². The molecule has 2 heterocycles. The van der Waals surface area contributed by atoms with Crippen LogP contribution in [0.15, 0.2) is 60.8 Å². The van der Waals surface area contributed by atoms with Crippen molar-refractivity contribution in [1.29, 1.82) is 5.26 Å². The number of anilines is 2. The minimum Gasteiger partial charge on any atom is -0.496 e. The summed E-state index contributed by atoms with van der Waals surface area (Å²) in [7, 11) is 1.55. The SMILES string of the molecule is COc1cccc(OCC(N)=O)c1-c1c(C#N)c2ccccn2c1Nc1c(C)cccc1C. The highest BCUT2D eigenvalue weighted by Crippen LogP contribution is 2.47. The largest absolute Gasteiger partial charge is 0.496 e. The summed E-state index contributed by atoms with van der Waals surface area (Å²) in [6.07, 6.45) is 1.90. The van der Waals surface area contributed by atoms with Crippen LogP contribution in [-0.2, 0) is 4.79 Å². The first-order valence-corrected chi connectivity index (χ1v) is 10.4. The maximum atomic E-state index is 11.4. The van der Waals surface area contributed by atoms with Gasteiger partial charge in [0.15, 0.2) is 6.61 Å². The summed E-state index contributed by atoms with van der Waals surface area (Å²) in [5.41, 5.74) is 10.8. The van der Waals surface area contributed by atoms with Gasteiger partial charge in [-0.15, -0.1) is 0 Å². The number of nitrogens with zero attached hydrogens (tertiary/aromatic N) is 2. The third-order valence-corrected chi connectivity index (χ3v) is 5.51. The van der Waals surface area contributed by atoms with Crippen LogP contribution in [0.5, 0.6) is 11.5 Å². The van der Waals surface area contributed by atoms with E-state index < -0.39 is 5.91 Å². The maximum Gasteiger partial charge on any atom is 0.255 e. The standard InChI is InChI=1S/C26H24N4O3/c1-16-8-6-9-17(2)25(16)29-26-23(18(14-27)19-10-4-5-13-30(19)26)24-20(32-3)11-7-12-21(24)33-15-22(28)31/h4-13,29H,15H2,1-3H3,(H2,28,31). The molecule has 33 heavy (non-hydrogen) atoms. The summed E-state index contributed by atoms with van der Waals surface area (Å²) in [5, 5.41) is 13.7. The molecule has 7 nitrogen and oxygen atoms in total. The van der Waals surface area contributed by atoms with Crippen LogP contribution < -0.4 is 20.5 Å². The van der Waals surface area contributed by atoms with Gasteiger partial charge in [-0.1, -0.05) is 30.3 Å². The molecule has 0 saturated heterocycles. The summed E-state index contributed by atoms with van der Waals surface area (Å²) in [5.74, 6) is 0.993. The first kappa shape index (κ1) is 21.8. The molecule has 0 aliphatic carbocycles. The van der Waals surface area contributed by atoms with Gasteiger partial charge in [0.25, 0.3) is 5.91 Å². The van der Waals surface area contributed by atoms with Crippen molar-refractivity contribution in [2.75, 3.05) is 19.0 Å². The number of fused-ring (bicyclic) bond motifs is 1. The molecule has 7 heteroatoms. The molecular formula is C26H24N4O3. The number of nitrogens with two attached hydrogens (primary N) is 1. The Morgan fingerprint density at radius 3 is 2.39 bits per heavy atom. The summed E-state index contributed by atoms with van der Waals surface area (Å²) in [6, 6.07) is 19.4. The van der Waals surface area contributed by atoms with Crippen LogP contribution in [0.4, 0.5) is 11.5 Å². The predicted molar refractivity (Wildman–Crippen MR) is 128 cm³/mol. The van der Waals surface area contributed by atoms with Crippen LogP contribution in [0, 0.1) is 25.2 Å². The van der Waals surface area contributed by atoms with Crippen molar-refractivity contribution in [3.8, 4) is 28.7 Å². The second-order valence-electron chi connectivity index (χ2n) is 7.65. The van der Waals surface area contributed by atoms with Gasteiger partial charge in [0.2, 0.25) is 0 Å². The van der Waals surface area contributed by atoms with Gasteiger partial charge in [0, 0.05) is 11.9 Å². The summed E-state index contributed by atoms with van der Waals surface area (Å²) >= 11 is 0. The van der Waals surface area contributed by atoms with Gasteiger partial charge >= 0.3 is 0 Å². The Bertz CT molecular complexity index is 1380. The third-order valence-electron chi connectivity index (χ3n) is 5.51. The van der Waals surface area contributed by atoms with Crippen molar-refractivity contribution >= 4 is 22.9 Å². The molecule has 0 unspecified atom stereocenters. The highest BCUT2D eigenvalue weighted by Gasteiger charge is 2.26. The number of para-hydroxylation sites is 1. The second-order valence-corrected chi connectivity index (χ2v) is 7.65. The van der Waals surface area contributed by atoms with Crippen molar-refractivity contribution in [1.82, 2.24) is 4.40 Å². The number of rotatable bonds is 7. The number of primary amides is 1. The summed E-state index contributed by atoms with van der Waals surface area (Å²) < 4.78 is 13.3. The Morgan fingerprint density at radius 2 is 1.73 bits per heavy atom. The monoisotopic (exact) mass is 440 g/mol. The van der Waals surface area contributed by atoms with Crippen LogP contribution >= 0.6 is 0 Å². The van der Waals surface area contributed by atoms with Crippen LogP contribution in [0.3, 0.4) is 0 Å². The van der Waals surface area contributed by atoms with Crippen molar-refractivity contribution in [2.24, 2.45) is 5.73 Å². The molecular weight excluding hydrogens is 416 g/mol. The van der Waals surface area contributed by atoms with Crippen molar-refractivity contribution < 1.29 is 14.3 Å². The van der Waals surface area contributed by atoms with Gasteiger partial charge in [0.1, 0.15) is 23.4 Å². The number of hydrogen-bond acceptors (Lipinski definition) is 5. The van der Waals surface area contributed by atoms with E-state index >= 15 is 0 Å². The van der Waals surface area contributed by atoms with E-state index in [4.69, 9.17) is 15.2 Å². The van der Waals surface area contributed by atoms with Gasteiger partial charge in [-0.3, -0.25) is 4.79 Å². The minimum absolute atomic E-state index is 0.297. The number of carbonyl (C=O) groups is 1. The molecule has 3 N–H and O–H groups in total. The zero-order chi connectivity index (χ0) is 23.5. The topological polar surface area (TPSA) is 102 Å². The number of nitriles is 1. The lowest BCUT2D eigenvalue weighted by Gasteiger charge is -2.18. The molecule has 2 aromatic heterocycles. The number of carbonyl (C=O) groups excluding carboxylic acids is 1. The lowest BCUT2D eigenvalue weighted by Crippen LogP contribution is -2.20. The maximum absolute atomic E-state index is 11.4. The quantitative estimate of drug-likeness (QED) is 0.433. The lowest BCUT2D eigenvalue weighted by molar-refractivity contribution is -0.119. The molecule has 0 spiro atoms. The number of benzene rings is 2. The number of ether oxygens (including phenoxy) is 2. The highest BCUT2D eigenvalue weighted by molar-refractivity contribution is 5.96. The Labute approximate surface area is 192 Å². The molecule has 0 saturated carbocycles. The Hall–Kier alpha value is -4.44. The van der Waals surface area contributed by atoms with Crippen LogP contribution in [0.25, 0.3) is 16.6 Å². The zero-order valence-electron chi connectivity index (χ0n) is 18.7. The predicted octanol–water partition coefficient (Wildman–Crippen LogP) is 4.71. The molecule has 4 rings (SSSR count). The highest BCUT2D eigenvalue weighted by atomic mass is 16.5. The van der Waals surface area contributed by atoms with Gasteiger partial charge < -0.3 is 24.9 Å². The fraction of sp³-hybridized carbons (Fsp3) is 0.154. The molecule has 0 radical (unpaired) electrons. The fourth-order valence-corrected chi connectivity index (χ4v) is 4.01. The van der Waals surface area contributed by atoms with Crippen LogP contribution in [0.2, 0.25) is 0 Å². The van der Waals surface area contributed by atoms with Crippen molar-refractivity contribution in [2.45, 2.75) is 13.8 Å².